The molecule has 2 N–H and O–H groups in total. The molecule has 11 rings (SSSR count). The number of halogens is 2. The molecule has 7 heteroatoms. The molecule has 1 aliphatic carbocycles. The first-order chi connectivity index (χ1) is 44.2. The first-order valence-corrected chi connectivity index (χ1v) is 34.8. The molecule has 1 aromatic heterocycles. The fourth-order valence-corrected chi connectivity index (χ4v) is 16.0. The second-order valence-corrected chi connectivity index (χ2v) is 35.1. The normalized spacial score (nSPS) is 15.6. The molecule has 0 spiro atoms. The van der Waals surface area contributed by atoms with Crippen LogP contribution in [0.1, 0.15) is 209 Å². The lowest BCUT2D eigenvalue weighted by molar-refractivity contribution is 0.105. The first-order valence-electron chi connectivity index (χ1n) is 34.8. The molecule has 9 aromatic carbocycles. The molecule has 0 aliphatic heterocycles. The Labute approximate surface area is 566 Å². The van der Waals surface area contributed by atoms with Gasteiger partial charge < -0.3 is 24.3 Å². The van der Waals surface area contributed by atoms with E-state index in [1.807, 2.05) is 13.8 Å². The Morgan fingerprint density at radius 2 is 0.832 bits per heavy atom. The summed E-state index contributed by atoms with van der Waals surface area (Å²) in [7, 11) is 0. The van der Waals surface area contributed by atoms with Gasteiger partial charge in [-0.05, 0) is 223 Å². The summed E-state index contributed by atoms with van der Waals surface area (Å²) in [4.78, 5) is 0. The Kier molecular flexibility index (Phi) is 17.9. The molecule has 95 heavy (non-hydrogen) atoms. The predicted octanol–water partition coefficient (Wildman–Crippen LogP) is 25.0. The topological polar surface area (TPSA) is 63.8 Å². The van der Waals surface area contributed by atoms with E-state index < -0.39 is 11.6 Å². The van der Waals surface area contributed by atoms with Gasteiger partial charge in [-0.2, -0.15) is 0 Å². The first kappa shape index (κ1) is 68.7. The molecule has 0 saturated heterocycles. The maximum absolute atomic E-state index is 16.5. The van der Waals surface area contributed by atoms with Gasteiger partial charge in [-0.15, -0.1) is 0 Å². The number of rotatable bonds is 14. The van der Waals surface area contributed by atoms with Crippen molar-refractivity contribution in [1.82, 2.24) is 4.57 Å². The van der Waals surface area contributed by atoms with Crippen LogP contribution in [0.2, 0.25) is 0 Å². The van der Waals surface area contributed by atoms with Crippen LogP contribution in [-0.2, 0) is 27.1 Å². The molecule has 0 amide bonds. The van der Waals surface area contributed by atoms with Crippen molar-refractivity contribution in [2.24, 2.45) is 22.7 Å². The molecule has 2 atom stereocenters. The van der Waals surface area contributed by atoms with Gasteiger partial charge in [0.05, 0.1) is 29.9 Å². The molecular weight excluding hydrogens is 1170 g/mol. The third-order valence-corrected chi connectivity index (χ3v) is 20.5. The van der Waals surface area contributed by atoms with Crippen molar-refractivity contribution in [3.05, 3.63) is 184 Å². The lowest BCUT2D eigenvalue weighted by Crippen LogP contribution is -2.30. The Hall–Kier alpha value is -7.64. The summed E-state index contributed by atoms with van der Waals surface area (Å²) in [5, 5.41) is 33.0. The minimum Gasteiger partial charge on any atom is -0.507 e. The highest BCUT2D eigenvalue weighted by Gasteiger charge is 2.35. The SMILES string of the molecule is Cc1cc(F)cc(-c2cc(C(C)(C)CC(C)(C)C)cc(-c3c4ccccc4cc4ccc(C(C)(C)C)cc34)c2O)c1OC[C@@H]1CCCC[C@H]1COc1c(C)cc(F)cc1-c1cc(C(C)(C)CC(C)(C)C)cc(-n2c3cc(C(C)(C)C)ccc3c3ccc(C(C)(C)C)cc32)c1O. The Bertz CT molecular complexity index is 4520. The zero-order chi connectivity index (χ0) is 69.0. The van der Waals surface area contributed by atoms with E-state index in [0.29, 0.717) is 69.3 Å². The third-order valence-electron chi connectivity index (χ3n) is 20.5. The van der Waals surface area contributed by atoms with Crippen molar-refractivity contribution < 1.29 is 28.5 Å². The van der Waals surface area contributed by atoms with E-state index in [0.717, 1.165) is 98.6 Å². The Morgan fingerprint density at radius 1 is 0.411 bits per heavy atom. The van der Waals surface area contributed by atoms with Crippen LogP contribution in [-0.4, -0.2) is 28.0 Å². The summed E-state index contributed by atoms with van der Waals surface area (Å²) in [5.41, 5.74) is 11.9. The van der Waals surface area contributed by atoms with Crippen molar-refractivity contribution in [2.45, 2.75) is 211 Å². The molecule has 10 aromatic rings. The molecule has 0 bridgehead atoms. The molecule has 0 radical (unpaired) electrons. The van der Waals surface area contributed by atoms with Gasteiger partial charge in [0, 0.05) is 44.2 Å². The van der Waals surface area contributed by atoms with Gasteiger partial charge in [0.25, 0.3) is 0 Å². The number of phenols is 2. The zero-order valence-corrected chi connectivity index (χ0v) is 60.9. The Balaban J connectivity index is 1.01. The van der Waals surface area contributed by atoms with Gasteiger partial charge in [0.15, 0.2) is 0 Å². The van der Waals surface area contributed by atoms with Crippen molar-refractivity contribution in [3.63, 3.8) is 0 Å². The lowest BCUT2D eigenvalue weighted by Gasteiger charge is -2.34. The number of benzene rings is 9. The van der Waals surface area contributed by atoms with Crippen LogP contribution in [0.25, 0.3) is 82.4 Å². The molecule has 1 heterocycles. The van der Waals surface area contributed by atoms with Crippen LogP contribution < -0.4 is 9.47 Å². The van der Waals surface area contributed by atoms with Crippen LogP contribution in [0.3, 0.4) is 0 Å². The quantitative estimate of drug-likeness (QED) is 0.107. The number of ether oxygens (including phenoxy) is 2. The molecule has 1 aliphatic rings. The van der Waals surface area contributed by atoms with Crippen molar-refractivity contribution in [2.75, 3.05) is 13.2 Å². The maximum Gasteiger partial charge on any atom is 0.147 e. The number of fused-ring (bicyclic) bond motifs is 5. The smallest absolute Gasteiger partial charge is 0.147 e. The van der Waals surface area contributed by atoms with Crippen LogP contribution in [0, 0.1) is 48.1 Å². The van der Waals surface area contributed by atoms with Gasteiger partial charge in [0.1, 0.15) is 34.6 Å². The minimum atomic E-state index is -0.414. The number of aryl methyl sites for hydroxylation is 2. The van der Waals surface area contributed by atoms with Gasteiger partial charge in [0.2, 0.25) is 0 Å². The zero-order valence-electron chi connectivity index (χ0n) is 60.9. The number of hydrogen-bond donors (Lipinski definition) is 2. The summed E-state index contributed by atoms with van der Waals surface area (Å²) >= 11 is 0. The largest absolute Gasteiger partial charge is 0.507 e. The molecule has 0 unspecified atom stereocenters. The van der Waals surface area contributed by atoms with E-state index in [1.165, 1.54) is 41.0 Å². The second-order valence-electron chi connectivity index (χ2n) is 35.1. The highest BCUT2D eigenvalue weighted by molar-refractivity contribution is 6.15. The number of nitrogens with zero attached hydrogens (tertiary/aromatic N) is 1. The summed E-state index contributed by atoms with van der Waals surface area (Å²) in [6.45, 7) is 47.2. The van der Waals surface area contributed by atoms with E-state index in [9.17, 15) is 10.2 Å². The van der Waals surface area contributed by atoms with Crippen molar-refractivity contribution in [1.29, 1.82) is 0 Å². The molecule has 5 nitrogen and oxygen atoms in total. The fraction of sp³-hybridized carbons (Fsp3) is 0.432. The van der Waals surface area contributed by atoms with E-state index in [4.69, 9.17) is 9.47 Å². The van der Waals surface area contributed by atoms with E-state index in [-0.39, 0.29) is 61.2 Å². The van der Waals surface area contributed by atoms with Crippen LogP contribution >= 0.6 is 0 Å². The molecule has 500 valence electrons. The van der Waals surface area contributed by atoms with E-state index >= 15 is 8.78 Å². The van der Waals surface area contributed by atoms with Crippen LogP contribution in [0.15, 0.2) is 133 Å². The highest BCUT2D eigenvalue weighted by atomic mass is 19.1. The molecule has 1 fully saturated rings. The standard InChI is InChI=1S/C88H105F2NO4/c1-52-36-63(89)46-71(69-40-61(87(18,19)50-82(3,4)5)42-73(78(69)92)77-65-29-25-24-26-54(65)38-55-30-31-58(39-68(55)77)84(9,10)11)80(52)94-48-56-27-22-23-28-57(56)49-95-81-53(2)37-64(90)47-72(81)70-41-62(88(20,21)51-83(6,7)8)45-76(79(70)93)91-74-43-59(85(12,13)14)32-34-66(74)67-35-33-60(44-75(67)91)86(15,16)17/h24-26,29-47,56-57,92-93H,22-23,27-28,48-51H2,1-21H3/t56-,57-/m0/s1. The second kappa shape index (κ2) is 24.8. The summed E-state index contributed by atoms with van der Waals surface area (Å²) in [5.74, 6) is 0.439. The minimum absolute atomic E-state index is 0.0295. The van der Waals surface area contributed by atoms with Gasteiger partial charge in [-0.1, -0.05) is 205 Å². The number of hydrogen-bond acceptors (Lipinski definition) is 4. The molecular formula is C88H105F2NO4. The average Bonchev–Trinajstić information content (AvgIpc) is 1.71. The van der Waals surface area contributed by atoms with Gasteiger partial charge in [-0.3, -0.25) is 0 Å². The summed E-state index contributed by atoms with van der Waals surface area (Å²) in [6.07, 6.45) is 5.49. The number of aromatic nitrogens is 1. The number of phenolic OH excluding ortho intramolecular Hbond substituents is 2. The van der Waals surface area contributed by atoms with E-state index in [1.54, 1.807) is 0 Å². The maximum atomic E-state index is 16.5. The summed E-state index contributed by atoms with van der Waals surface area (Å²) < 4.78 is 49.5. The van der Waals surface area contributed by atoms with Gasteiger partial charge >= 0.3 is 0 Å². The highest BCUT2D eigenvalue weighted by Crippen LogP contribution is 2.53. The number of aromatic hydroxyl groups is 2. The lowest BCUT2D eigenvalue weighted by atomic mass is 9.71. The average molecular weight is 1280 g/mol. The Morgan fingerprint density at radius 3 is 1.31 bits per heavy atom. The van der Waals surface area contributed by atoms with Crippen LogP contribution in [0.5, 0.6) is 23.0 Å². The van der Waals surface area contributed by atoms with Crippen molar-refractivity contribution in [3.8, 4) is 62.1 Å². The van der Waals surface area contributed by atoms with E-state index in [2.05, 4.69) is 245 Å². The predicted molar refractivity (Wildman–Crippen MR) is 398 cm³/mol. The third kappa shape index (κ3) is 14.0. The van der Waals surface area contributed by atoms with Crippen LogP contribution in [0.4, 0.5) is 8.78 Å². The monoisotopic (exact) mass is 1280 g/mol. The summed E-state index contributed by atoms with van der Waals surface area (Å²) in [6, 6.07) is 45.5. The van der Waals surface area contributed by atoms with Gasteiger partial charge in [-0.25, -0.2) is 8.78 Å². The van der Waals surface area contributed by atoms with Crippen molar-refractivity contribution >= 4 is 43.4 Å². The molecule has 1 saturated carbocycles. The fourth-order valence-electron chi connectivity index (χ4n) is 16.0.